The summed E-state index contributed by atoms with van der Waals surface area (Å²) in [5, 5.41) is 0. The Kier molecular flexibility index (Phi) is 4.67. The summed E-state index contributed by atoms with van der Waals surface area (Å²) in [5.74, 6) is 1.77. The maximum Gasteiger partial charge on any atom is 0.133 e. The molecule has 3 rings (SSSR count). The molecule has 0 amide bonds. The zero-order valence-electron chi connectivity index (χ0n) is 11.5. The van der Waals surface area contributed by atoms with Crippen molar-refractivity contribution in [3.05, 3.63) is 47.3 Å². The third-order valence-electron chi connectivity index (χ3n) is 3.26. The Bertz CT molecular complexity index is 582. The lowest BCUT2D eigenvalue weighted by molar-refractivity contribution is 0.0100. The lowest BCUT2D eigenvalue weighted by Crippen LogP contribution is -2.45. The van der Waals surface area contributed by atoms with Crippen LogP contribution in [-0.2, 0) is 4.74 Å². The van der Waals surface area contributed by atoms with Crippen LogP contribution in [0, 0.1) is 0 Å². The molecule has 0 spiro atoms. The maximum absolute atomic E-state index is 5.76. The molecule has 1 aliphatic heterocycles. The average Bonchev–Trinajstić information content (AvgIpc) is 2.54. The van der Waals surface area contributed by atoms with Crippen LogP contribution in [-0.4, -0.2) is 42.4 Å². The van der Waals surface area contributed by atoms with Crippen molar-refractivity contribution >= 4 is 21.7 Å². The molecular formula is C15H16BrN3O2. The normalized spacial score (nSPS) is 18.5. The molecular weight excluding hydrogens is 334 g/mol. The Morgan fingerprint density at radius 1 is 1.29 bits per heavy atom. The van der Waals surface area contributed by atoms with Gasteiger partial charge in [0.05, 0.1) is 6.61 Å². The van der Waals surface area contributed by atoms with Gasteiger partial charge in [-0.1, -0.05) is 18.2 Å². The molecule has 5 nitrogen and oxygen atoms in total. The Balaban J connectivity index is 1.58. The van der Waals surface area contributed by atoms with Gasteiger partial charge < -0.3 is 14.4 Å². The van der Waals surface area contributed by atoms with Gasteiger partial charge in [0.1, 0.15) is 35.2 Å². The predicted octanol–water partition coefficient (Wildman–Crippen LogP) is 2.52. The Labute approximate surface area is 132 Å². The van der Waals surface area contributed by atoms with Crippen LogP contribution >= 0.6 is 15.9 Å². The predicted molar refractivity (Wildman–Crippen MR) is 83.6 cm³/mol. The quantitative estimate of drug-likeness (QED) is 0.793. The van der Waals surface area contributed by atoms with Crippen LogP contribution in [0.3, 0.4) is 0 Å². The van der Waals surface area contributed by atoms with Crippen LogP contribution in [0.4, 0.5) is 5.82 Å². The molecule has 1 aromatic heterocycles. The zero-order valence-corrected chi connectivity index (χ0v) is 13.1. The highest BCUT2D eigenvalue weighted by Crippen LogP contribution is 2.18. The Morgan fingerprint density at radius 3 is 2.95 bits per heavy atom. The summed E-state index contributed by atoms with van der Waals surface area (Å²) in [4.78, 5) is 10.5. The van der Waals surface area contributed by atoms with E-state index in [1.54, 1.807) is 6.33 Å². The van der Waals surface area contributed by atoms with Gasteiger partial charge in [-0.05, 0) is 28.1 Å². The van der Waals surface area contributed by atoms with E-state index in [0.717, 1.165) is 29.3 Å². The maximum atomic E-state index is 5.76. The van der Waals surface area contributed by atoms with Gasteiger partial charge in [-0.25, -0.2) is 9.97 Å². The molecule has 0 saturated carbocycles. The summed E-state index contributed by atoms with van der Waals surface area (Å²) < 4.78 is 12.3. The first kappa shape index (κ1) is 14.3. The molecule has 1 atom stereocenters. The molecule has 2 aromatic rings. The van der Waals surface area contributed by atoms with Crippen molar-refractivity contribution in [3.8, 4) is 5.75 Å². The minimum Gasteiger partial charge on any atom is -0.491 e. The van der Waals surface area contributed by atoms with Gasteiger partial charge in [-0.2, -0.15) is 0 Å². The molecule has 110 valence electrons. The topological polar surface area (TPSA) is 47.5 Å². The largest absolute Gasteiger partial charge is 0.491 e. The number of nitrogens with zero attached hydrogens (tertiary/aromatic N) is 3. The number of halogens is 1. The van der Waals surface area contributed by atoms with Crippen molar-refractivity contribution in [2.75, 3.05) is 31.2 Å². The number of morpholine rings is 1. The third kappa shape index (κ3) is 3.92. The minimum absolute atomic E-state index is 0.0349. The standard InChI is InChI=1S/C15H16BrN3O2/c16-14-8-15(18-11-17-14)19-6-7-20-13(9-19)10-21-12-4-2-1-3-5-12/h1-5,8,11,13H,6-7,9-10H2. The van der Waals surface area contributed by atoms with E-state index in [4.69, 9.17) is 9.47 Å². The van der Waals surface area contributed by atoms with Crippen LogP contribution in [0.2, 0.25) is 0 Å². The molecule has 0 radical (unpaired) electrons. The lowest BCUT2D eigenvalue weighted by Gasteiger charge is -2.33. The second kappa shape index (κ2) is 6.87. The molecule has 1 unspecified atom stereocenters. The summed E-state index contributed by atoms with van der Waals surface area (Å²) >= 11 is 3.37. The van der Waals surface area contributed by atoms with Crippen molar-refractivity contribution in [1.29, 1.82) is 0 Å². The van der Waals surface area contributed by atoms with Crippen molar-refractivity contribution in [1.82, 2.24) is 9.97 Å². The minimum atomic E-state index is 0.0349. The van der Waals surface area contributed by atoms with Crippen molar-refractivity contribution < 1.29 is 9.47 Å². The molecule has 21 heavy (non-hydrogen) atoms. The van der Waals surface area contributed by atoms with Gasteiger partial charge in [-0.3, -0.25) is 0 Å². The number of benzene rings is 1. The third-order valence-corrected chi connectivity index (χ3v) is 3.69. The molecule has 1 aromatic carbocycles. The van der Waals surface area contributed by atoms with E-state index in [9.17, 15) is 0 Å². The number of anilines is 1. The van der Waals surface area contributed by atoms with Gasteiger partial charge in [0.25, 0.3) is 0 Å². The van der Waals surface area contributed by atoms with Crippen LogP contribution in [0.1, 0.15) is 0 Å². The number of ether oxygens (including phenoxy) is 2. The van der Waals surface area contributed by atoms with Gasteiger partial charge in [0, 0.05) is 19.2 Å². The highest BCUT2D eigenvalue weighted by atomic mass is 79.9. The van der Waals surface area contributed by atoms with E-state index in [-0.39, 0.29) is 6.10 Å². The second-order valence-corrected chi connectivity index (χ2v) is 5.57. The fraction of sp³-hybridized carbons (Fsp3) is 0.333. The van der Waals surface area contributed by atoms with E-state index < -0.39 is 0 Å². The first-order valence-electron chi connectivity index (χ1n) is 6.83. The monoisotopic (exact) mass is 349 g/mol. The molecule has 1 aliphatic rings. The highest BCUT2D eigenvalue weighted by Gasteiger charge is 2.22. The van der Waals surface area contributed by atoms with Gasteiger partial charge >= 0.3 is 0 Å². The fourth-order valence-electron chi connectivity index (χ4n) is 2.23. The van der Waals surface area contributed by atoms with E-state index >= 15 is 0 Å². The van der Waals surface area contributed by atoms with E-state index in [2.05, 4.69) is 30.8 Å². The molecule has 1 saturated heterocycles. The number of hydrogen-bond donors (Lipinski definition) is 0. The number of rotatable bonds is 4. The summed E-state index contributed by atoms with van der Waals surface area (Å²) in [6, 6.07) is 11.7. The lowest BCUT2D eigenvalue weighted by atomic mass is 10.3. The summed E-state index contributed by atoms with van der Waals surface area (Å²) in [7, 11) is 0. The molecule has 0 N–H and O–H groups in total. The van der Waals surface area contributed by atoms with Gasteiger partial charge in [0.2, 0.25) is 0 Å². The molecule has 1 fully saturated rings. The average molecular weight is 350 g/mol. The van der Waals surface area contributed by atoms with Crippen molar-refractivity contribution in [3.63, 3.8) is 0 Å². The van der Waals surface area contributed by atoms with Gasteiger partial charge in [-0.15, -0.1) is 0 Å². The first-order chi connectivity index (χ1) is 10.3. The second-order valence-electron chi connectivity index (χ2n) is 4.76. The number of para-hydroxylation sites is 1. The molecule has 0 aliphatic carbocycles. The number of aromatic nitrogens is 2. The smallest absolute Gasteiger partial charge is 0.133 e. The molecule has 0 bridgehead atoms. The molecule has 2 heterocycles. The van der Waals surface area contributed by atoms with Crippen LogP contribution in [0.5, 0.6) is 5.75 Å². The summed E-state index contributed by atoms with van der Waals surface area (Å²) in [6.07, 6.45) is 1.59. The first-order valence-corrected chi connectivity index (χ1v) is 7.62. The zero-order chi connectivity index (χ0) is 14.5. The van der Waals surface area contributed by atoms with Crippen LogP contribution < -0.4 is 9.64 Å². The fourth-order valence-corrected chi connectivity index (χ4v) is 2.53. The SMILES string of the molecule is Brc1cc(N2CCOC(COc3ccccc3)C2)ncn1. The summed E-state index contributed by atoms with van der Waals surface area (Å²) in [5.41, 5.74) is 0. The van der Waals surface area contributed by atoms with Gasteiger partial charge in [0.15, 0.2) is 0 Å². The Hall–Kier alpha value is -1.66. The van der Waals surface area contributed by atoms with Crippen molar-refractivity contribution in [2.24, 2.45) is 0 Å². The van der Waals surface area contributed by atoms with E-state index in [0.29, 0.717) is 13.2 Å². The van der Waals surface area contributed by atoms with E-state index in [1.807, 2.05) is 36.4 Å². The number of hydrogen-bond acceptors (Lipinski definition) is 5. The van der Waals surface area contributed by atoms with Crippen LogP contribution in [0.25, 0.3) is 0 Å². The Morgan fingerprint density at radius 2 is 2.14 bits per heavy atom. The van der Waals surface area contributed by atoms with Crippen LogP contribution in [0.15, 0.2) is 47.3 Å². The molecule has 6 heteroatoms. The summed E-state index contributed by atoms with van der Waals surface area (Å²) in [6.45, 7) is 2.79. The highest BCUT2D eigenvalue weighted by molar-refractivity contribution is 9.10. The van der Waals surface area contributed by atoms with Crippen molar-refractivity contribution in [2.45, 2.75) is 6.10 Å². The van der Waals surface area contributed by atoms with E-state index in [1.165, 1.54) is 0 Å².